The fourth-order valence-electron chi connectivity index (χ4n) is 3.66. The van der Waals surface area contributed by atoms with Crippen LogP contribution < -0.4 is 15.5 Å². The molecule has 0 atom stereocenters. The van der Waals surface area contributed by atoms with Gasteiger partial charge in [-0.25, -0.2) is 15.0 Å². The Morgan fingerprint density at radius 1 is 1.09 bits per heavy atom. The predicted octanol–water partition coefficient (Wildman–Crippen LogP) is 3.86. The van der Waals surface area contributed by atoms with Crippen LogP contribution in [0.2, 0.25) is 0 Å². The fraction of sp³-hybridized carbons (Fsp3) is 0.200. The van der Waals surface area contributed by atoms with Gasteiger partial charge in [-0.15, -0.1) is 0 Å². The second-order valence-corrected chi connectivity index (χ2v) is 8.97. The number of anilines is 3. The number of H-pyrrole nitrogens is 1. The molecule has 1 fully saturated rings. The third-order valence-electron chi connectivity index (χ3n) is 5.43. The molecule has 0 spiro atoms. The topological polar surface area (TPSA) is 108 Å². The quantitative estimate of drug-likeness (QED) is 0.322. The lowest BCUT2D eigenvalue weighted by molar-refractivity contribution is 0.0946. The van der Waals surface area contributed by atoms with Gasteiger partial charge in [-0.3, -0.25) is 4.79 Å². The first-order valence-electron chi connectivity index (χ1n) is 11.3. The summed E-state index contributed by atoms with van der Waals surface area (Å²) >= 11 is 1.54. The average molecular weight is 488 g/mol. The van der Waals surface area contributed by atoms with E-state index in [1.54, 1.807) is 24.2 Å². The van der Waals surface area contributed by atoms with E-state index >= 15 is 0 Å². The van der Waals surface area contributed by atoms with E-state index in [-0.39, 0.29) is 5.91 Å². The Balaban J connectivity index is 1.19. The van der Waals surface area contributed by atoms with Gasteiger partial charge in [-0.05, 0) is 48.0 Å². The Labute approximate surface area is 207 Å². The lowest BCUT2D eigenvalue weighted by Crippen LogP contribution is -2.36. The zero-order valence-corrected chi connectivity index (χ0v) is 19.8. The number of benzene rings is 2. The van der Waals surface area contributed by atoms with Crippen LogP contribution >= 0.6 is 11.8 Å². The maximum atomic E-state index is 12.1. The number of hydrogen-bond acceptors (Lipinski definition) is 8. The molecule has 1 saturated heterocycles. The first-order chi connectivity index (χ1) is 17.2. The summed E-state index contributed by atoms with van der Waals surface area (Å²) in [5.74, 6) is 0.324. The summed E-state index contributed by atoms with van der Waals surface area (Å²) in [5.41, 5.74) is 3.47. The molecule has 5 rings (SSSR count). The monoisotopic (exact) mass is 487 g/mol. The molecule has 0 aliphatic carbocycles. The van der Waals surface area contributed by atoms with Crippen LogP contribution in [0.15, 0.2) is 83.2 Å². The Bertz CT molecular complexity index is 1260. The predicted molar refractivity (Wildman–Crippen MR) is 135 cm³/mol. The third kappa shape index (κ3) is 6.17. The molecule has 4 aromatic rings. The van der Waals surface area contributed by atoms with Crippen molar-refractivity contribution in [2.75, 3.05) is 36.5 Å². The van der Waals surface area contributed by atoms with Gasteiger partial charge in [0.05, 0.1) is 19.5 Å². The van der Waals surface area contributed by atoms with Gasteiger partial charge in [0.2, 0.25) is 5.95 Å². The molecule has 3 N–H and O–H groups in total. The van der Waals surface area contributed by atoms with E-state index in [0.29, 0.717) is 18.2 Å². The number of rotatable bonds is 8. The van der Waals surface area contributed by atoms with Crippen LogP contribution in [0.4, 0.5) is 17.3 Å². The normalized spacial score (nSPS) is 13.4. The minimum absolute atomic E-state index is 0.214. The molecular weight excluding hydrogens is 462 g/mol. The Hall–Kier alpha value is -3.89. The van der Waals surface area contributed by atoms with E-state index in [4.69, 9.17) is 4.74 Å². The summed E-state index contributed by atoms with van der Waals surface area (Å²) in [6, 6.07) is 18.1. The van der Waals surface area contributed by atoms with E-state index in [9.17, 15) is 4.79 Å². The summed E-state index contributed by atoms with van der Waals surface area (Å²) in [6.07, 6.45) is 4.80. The van der Waals surface area contributed by atoms with Crippen LogP contribution in [0.25, 0.3) is 0 Å². The van der Waals surface area contributed by atoms with Crippen molar-refractivity contribution in [1.82, 2.24) is 25.3 Å². The number of hydrogen-bond donors (Lipinski definition) is 3. The van der Waals surface area contributed by atoms with Crippen LogP contribution in [0.1, 0.15) is 16.1 Å². The van der Waals surface area contributed by atoms with E-state index in [0.717, 1.165) is 47.5 Å². The van der Waals surface area contributed by atoms with Crippen molar-refractivity contribution in [3.05, 3.63) is 84.6 Å². The number of aromatic amines is 1. The standard InChI is InChI=1S/C25H25N7O2S/c33-24(22-16-26-17-29-22)28-15-18-2-1-3-21(14-18)35-23-8-9-27-25(31-23)30-19-4-6-20(7-5-19)32-10-12-34-13-11-32/h1-9,14,16-17H,10-13,15H2,(H,26,29)(H,28,33)(H,27,30,31). The van der Waals surface area contributed by atoms with Gasteiger partial charge in [0.1, 0.15) is 10.7 Å². The van der Waals surface area contributed by atoms with Crippen molar-refractivity contribution in [3.8, 4) is 0 Å². The molecule has 2 aromatic heterocycles. The molecule has 1 amide bonds. The smallest absolute Gasteiger partial charge is 0.271 e. The van der Waals surface area contributed by atoms with Crippen molar-refractivity contribution >= 4 is 35.0 Å². The average Bonchev–Trinajstić information content (AvgIpc) is 3.44. The second-order valence-electron chi connectivity index (χ2n) is 7.88. The molecule has 3 heterocycles. The summed E-state index contributed by atoms with van der Waals surface area (Å²) in [6.45, 7) is 3.76. The molecule has 0 radical (unpaired) electrons. The largest absolute Gasteiger partial charge is 0.378 e. The molecule has 0 bridgehead atoms. The van der Waals surface area contributed by atoms with Crippen LogP contribution in [0.5, 0.6) is 0 Å². The van der Waals surface area contributed by atoms with Crippen molar-refractivity contribution in [2.24, 2.45) is 0 Å². The van der Waals surface area contributed by atoms with Gasteiger partial charge in [0.25, 0.3) is 5.91 Å². The Morgan fingerprint density at radius 2 is 1.94 bits per heavy atom. The number of imidazole rings is 1. The first kappa shape index (κ1) is 22.9. The van der Waals surface area contributed by atoms with Crippen molar-refractivity contribution in [2.45, 2.75) is 16.5 Å². The van der Waals surface area contributed by atoms with Gasteiger partial charge in [-0.2, -0.15) is 0 Å². The number of nitrogens with one attached hydrogen (secondary N) is 3. The lowest BCUT2D eigenvalue weighted by atomic mass is 10.2. The lowest BCUT2D eigenvalue weighted by Gasteiger charge is -2.28. The summed E-state index contributed by atoms with van der Waals surface area (Å²) in [5, 5.41) is 6.99. The SMILES string of the molecule is O=C(NCc1cccc(Sc2ccnc(Nc3ccc(N4CCOCC4)cc3)n2)c1)c1c[nH]cn1. The summed E-state index contributed by atoms with van der Waals surface area (Å²) in [4.78, 5) is 31.2. The van der Waals surface area contributed by atoms with Crippen molar-refractivity contribution < 1.29 is 9.53 Å². The number of ether oxygens (including phenoxy) is 1. The summed E-state index contributed by atoms with van der Waals surface area (Å²) in [7, 11) is 0. The van der Waals surface area contributed by atoms with Crippen LogP contribution in [-0.2, 0) is 11.3 Å². The molecular formula is C25H25N7O2S. The molecule has 178 valence electrons. The number of morpholine rings is 1. The Kier molecular flexibility index (Phi) is 7.21. The summed E-state index contributed by atoms with van der Waals surface area (Å²) < 4.78 is 5.43. The number of nitrogens with zero attached hydrogens (tertiary/aromatic N) is 4. The molecule has 1 aliphatic rings. The highest BCUT2D eigenvalue weighted by atomic mass is 32.2. The van der Waals surface area contributed by atoms with Crippen molar-refractivity contribution in [1.29, 1.82) is 0 Å². The zero-order chi connectivity index (χ0) is 23.9. The molecule has 2 aromatic carbocycles. The maximum Gasteiger partial charge on any atom is 0.271 e. The van der Waals surface area contributed by atoms with Crippen LogP contribution in [0, 0.1) is 0 Å². The number of carbonyl (C=O) groups is 1. The van der Waals surface area contributed by atoms with E-state index in [1.807, 2.05) is 42.5 Å². The molecule has 0 unspecified atom stereocenters. The second kappa shape index (κ2) is 11.0. The van der Waals surface area contributed by atoms with E-state index in [2.05, 4.69) is 47.6 Å². The number of aromatic nitrogens is 4. The highest BCUT2D eigenvalue weighted by molar-refractivity contribution is 7.99. The minimum Gasteiger partial charge on any atom is -0.378 e. The van der Waals surface area contributed by atoms with Gasteiger partial charge in [-0.1, -0.05) is 23.9 Å². The van der Waals surface area contributed by atoms with E-state index < -0.39 is 0 Å². The van der Waals surface area contributed by atoms with Crippen LogP contribution in [-0.4, -0.2) is 52.1 Å². The van der Waals surface area contributed by atoms with Gasteiger partial charge in [0, 0.05) is 48.3 Å². The first-order valence-corrected chi connectivity index (χ1v) is 12.1. The Morgan fingerprint density at radius 3 is 2.74 bits per heavy atom. The van der Waals surface area contributed by atoms with Gasteiger partial charge >= 0.3 is 0 Å². The number of amides is 1. The van der Waals surface area contributed by atoms with E-state index in [1.165, 1.54) is 12.0 Å². The third-order valence-corrected chi connectivity index (χ3v) is 6.36. The molecule has 1 aliphatic heterocycles. The van der Waals surface area contributed by atoms with Gasteiger partial charge < -0.3 is 25.3 Å². The molecule has 0 saturated carbocycles. The highest BCUT2D eigenvalue weighted by Crippen LogP contribution is 2.28. The number of carbonyl (C=O) groups excluding carboxylic acids is 1. The van der Waals surface area contributed by atoms with Gasteiger partial charge in [0.15, 0.2) is 0 Å². The highest BCUT2D eigenvalue weighted by Gasteiger charge is 2.11. The minimum atomic E-state index is -0.214. The van der Waals surface area contributed by atoms with Crippen molar-refractivity contribution in [3.63, 3.8) is 0 Å². The molecule has 10 heteroatoms. The fourth-order valence-corrected chi connectivity index (χ4v) is 4.52. The van der Waals surface area contributed by atoms with Crippen LogP contribution in [0.3, 0.4) is 0 Å². The molecule has 9 nitrogen and oxygen atoms in total. The molecule has 35 heavy (non-hydrogen) atoms. The zero-order valence-electron chi connectivity index (χ0n) is 19.0. The maximum absolute atomic E-state index is 12.1.